The summed E-state index contributed by atoms with van der Waals surface area (Å²) in [6, 6.07) is 7.77. The zero-order chi connectivity index (χ0) is 16.9. The minimum Gasteiger partial charge on any atom is -0.354 e. The zero-order valence-electron chi connectivity index (χ0n) is 14.0. The van der Waals surface area contributed by atoms with Crippen molar-refractivity contribution < 1.29 is 4.79 Å². The number of hydrogen-bond acceptors (Lipinski definition) is 3. The molecule has 0 radical (unpaired) electrons. The van der Waals surface area contributed by atoms with Crippen LogP contribution < -0.4 is 0 Å². The molecule has 0 spiro atoms. The predicted octanol–water partition coefficient (Wildman–Crippen LogP) is 4.82. The van der Waals surface area contributed by atoms with Crippen molar-refractivity contribution in [1.29, 1.82) is 0 Å². The predicted molar refractivity (Wildman–Crippen MR) is 95.8 cm³/mol. The number of hydrogen-bond donors (Lipinski definition) is 1. The number of H-pyrrole nitrogens is 1. The van der Waals surface area contributed by atoms with Crippen molar-refractivity contribution in [2.45, 2.75) is 33.1 Å². The van der Waals surface area contributed by atoms with E-state index < -0.39 is 0 Å². The first-order valence-corrected chi connectivity index (χ1v) is 8.29. The van der Waals surface area contributed by atoms with Gasteiger partial charge in [-0.25, -0.2) is 0 Å². The van der Waals surface area contributed by atoms with Crippen molar-refractivity contribution in [1.82, 2.24) is 15.0 Å². The number of Topliss-reactive ketones (excluding diaryl/α,β-unsaturated/α-hetero) is 1. The molecule has 0 atom stereocenters. The standard InChI is InChI=1S/C20H21N3O/c1-3-4-5-17(24)18-14(2)19(15-6-10-21-11-7-15)23-20(18)16-8-12-22-13-9-16/h6-13,23H,3-5H2,1-2H3. The van der Waals surface area contributed by atoms with Gasteiger partial charge in [-0.2, -0.15) is 0 Å². The van der Waals surface area contributed by atoms with Crippen molar-refractivity contribution in [2.75, 3.05) is 0 Å². The summed E-state index contributed by atoms with van der Waals surface area (Å²) in [6.45, 7) is 4.11. The van der Waals surface area contributed by atoms with Gasteiger partial charge in [-0.1, -0.05) is 13.3 Å². The van der Waals surface area contributed by atoms with E-state index in [4.69, 9.17) is 0 Å². The first kappa shape index (κ1) is 16.1. The van der Waals surface area contributed by atoms with E-state index in [9.17, 15) is 4.79 Å². The van der Waals surface area contributed by atoms with Crippen LogP contribution in [0.3, 0.4) is 0 Å². The van der Waals surface area contributed by atoms with Gasteiger partial charge in [0.25, 0.3) is 0 Å². The second-order valence-electron chi connectivity index (χ2n) is 5.87. The van der Waals surface area contributed by atoms with Crippen LogP contribution in [0.25, 0.3) is 22.5 Å². The molecule has 0 saturated heterocycles. The smallest absolute Gasteiger partial charge is 0.165 e. The van der Waals surface area contributed by atoms with Gasteiger partial charge in [0.15, 0.2) is 5.78 Å². The summed E-state index contributed by atoms with van der Waals surface area (Å²) in [5, 5.41) is 0. The maximum atomic E-state index is 12.8. The van der Waals surface area contributed by atoms with Crippen molar-refractivity contribution >= 4 is 5.78 Å². The Morgan fingerprint density at radius 3 is 2.04 bits per heavy atom. The summed E-state index contributed by atoms with van der Waals surface area (Å²) in [5.41, 5.74) is 5.66. The zero-order valence-corrected chi connectivity index (χ0v) is 14.0. The molecule has 0 aliphatic carbocycles. The molecule has 24 heavy (non-hydrogen) atoms. The molecule has 3 rings (SSSR count). The topological polar surface area (TPSA) is 58.6 Å². The van der Waals surface area contributed by atoms with E-state index in [0.29, 0.717) is 6.42 Å². The Balaban J connectivity index is 2.14. The van der Waals surface area contributed by atoms with Gasteiger partial charge in [-0.15, -0.1) is 0 Å². The SMILES string of the molecule is CCCCC(=O)c1c(-c2ccncc2)[nH]c(-c2ccncc2)c1C. The van der Waals surface area contributed by atoms with Crippen LogP contribution in [0.15, 0.2) is 49.1 Å². The van der Waals surface area contributed by atoms with Crippen LogP contribution in [0, 0.1) is 6.92 Å². The van der Waals surface area contributed by atoms with E-state index in [2.05, 4.69) is 21.9 Å². The third-order valence-corrected chi connectivity index (χ3v) is 4.22. The maximum absolute atomic E-state index is 12.8. The lowest BCUT2D eigenvalue weighted by molar-refractivity contribution is 0.0980. The van der Waals surface area contributed by atoms with Crippen LogP contribution in [0.4, 0.5) is 0 Å². The van der Waals surface area contributed by atoms with Crippen LogP contribution in [0.1, 0.15) is 42.1 Å². The average molecular weight is 319 g/mol. The number of ketones is 1. The Hall–Kier alpha value is -2.75. The summed E-state index contributed by atoms with van der Waals surface area (Å²) in [7, 11) is 0. The fraction of sp³-hybridized carbons (Fsp3) is 0.250. The van der Waals surface area contributed by atoms with Gasteiger partial charge in [-0.05, 0) is 43.2 Å². The van der Waals surface area contributed by atoms with Gasteiger partial charge in [0.05, 0.1) is 5.69 Å². The van der Waals surface area contributed by atoms with Crippen LogP contribution in [0.5, 0.6) is 0 Å². The number of aromatic nitrogens is 3. The van der Waals surface area contributed by atoms with Crippen LogP contribution in [-0.4, -0.2) is 20.7 Å². The van der Waals surface area contributed by atoms with Crippen LogP contribution >= 0.6 is 0 Å². The highest BCUT2D eigenvalue weighted by Crippen LogP contribution is 2.34. The lowest BCUT2D eigenvalue weighted by atomic mass is 9.97. The molecule has 4 heteroatoms. The third-order valence-electron chi connectivity index (χ3n) is 4.22. The van der Waals surface area contributed by atoms with E-state index >= 15 is 0 Å². The van der Waals surface area contributed by atoms with Gasteiger partial charge < -0.3 is 4.98 Å². The van der Waals surface area contributed by atoms with Gasteiger partial charge >= 0.3 is 0 Å². The van der Waals surface area contributed by atoms with Crippen molar-refractivity contribution in [3.05, 3.63) is 60.2 Å². The Morgan fingerprint density at radius 1 is 0.958 bits per heavy atom. The largest absolute Gasteiger partial charge is 0.354 e. The Kier molecular flexibility index (Phi) is 4.85. The molecule has 0 bridgehead atoms. The number of unbranched alkanes of at least 4 members (excludes halogenated alkanes) is 1. The monoisotopic (exact) mass is 319 g/mol. The van der Waals surface area contributed by atoms with Crippen molar-refractivity contribution in [2.24, 2.45) is 0 Å². The highest BCUT2D eigenvalue weighted by molar-refractivity contribution is 6.05. The third kappa shape index (κ3) is 3.13. The van der Waals surface area contributed by atoms with E-state index in [1.54, 1.807) is 24.8 Å². The summed E-state index contributed by atoms with van der Waals surface area (Å²) in [4.78, 5) is 24.4. The minimum atomic E-state index is 0.192. The molecule has 122 valence electrons. The summed E-state index contributed by atoms with van der Waals surface area (Å²) >= 11 is 0. The molecular formula is C20H21N3O. The Bertz CT molecular complexity index is 823. The lowest BCUT2D eigenvalue weighted by Gasteiger charge is -2.05. The molecule has 0 amide bonds. The first-order valence-electron chi connectivity index (χ1n) is 8.29. The van der Waals surface area contributed by atoms with Crippen molar-refractivity contribution in [3.63, 3.8) is 0 Å². The molecule has 0 fully saturated rings. The first-order chi connectivity index (χ1) is 11.7. The van der Waals surface area contributed by atoms with E-state index in [0.717, 1.165) is 46.5 Å². The summed E-state index contributed by atoms with van der Waals surface area (Å²) < 4.78 is 0. The number of carbonyl (C=O) groups excluding carboxylic acids is 1. The normalized spacial score (nSPS) is 10.8. The van der Waals surface area contributed by atoms with Gasteiger partial charge in [0.1, 0.15) is 0 Å². The molecule has 0 aliphatic heterocycles. The molecule has 3 aromatic heterocycles. The molecular weight excluding hydrogens is 298 g/mol. The van der Waals surface area contributed by atoms with Crippen LogP contribution in [0.2, 0.25) is 0 Å². The number of nitrogens with one attached hydrogen (secondary N) is 1. The van der Waals surface area contributed by atoms with E-state index in [1.165, 1.54) is 0 Å². The number of rotatable bonds is 6. The quantitative estimate of drug-likeness (QED) is 0.663. The van der Waals surface area contributed by atoms with E-state index in [-0.39, 0.29) is 5.78 Å². The average Bonchev–Trinajstić information content (AvgIpc) is 2.98. The number of aromatic amines is 1. The molecule has 3 heterocycles. The fourth-order valence-electron chi connectivity index (χ4n) is 2.95. The minimum absolute atomic E-state index is 0.192. The molecule has 1 N–H and O–H groups in total. The molecule has 4 nitrogen and oxygen atoms in total. The Labute approximate surface area is 142 Å². The molecule has 3 aromatic rings. The maximum Gasteiger partial charge on any atom is 0.165 e. The second-order valence-corrected chi connectivity index (χ2v) is 5.87. The van der Waals surface area contributed by atoms with Gasteiger partial charge in [-0.3, -0.25) is 14.8 Å². The number of pyridine rings is 2. The highest BCUT2D eigenvalue weighted by Gasteiger charge is 2.21. The van der Waals surface area contributed by atoms with Crippen LogP contribution in [-0.2, 0) is 0 Å². The second kappa shape index (κ2) is 7.21. The number of nitrogens with zero attached hydrogens (tertiary/aromatic N) is 2. The summed E-state index contributed by atoms with van der Waals surface area (Å²) in [5.74, 6) is 0.192. The molecule has 0 aliphatic rings. The fourth-order valence-corrected chi connectivity index (χ4v) is 2.95. The summed E-state index contributed by atoms with van der Waals surface area (Å²) in [6.07, 6.45) is 9.51. The number of carbonyl (C=O) groups is 1. The lowest BCUT2D eigenvalue weighted by Crippen LogP contribution is -2.01. The molecule has 0 unspecified atom stereocenters. The highest BCUT2D eigenvalue weighted by atomic mass is 16.1. The van der Waals surface area contributed by atoms with Gasteiger partial charge in [0.2, 0.25) is 0 Å². The van der Waals surface area contributed by atoms with E-state index in [1.807, 2.05) is 31.2 Å². The molecule has 0 aromatic carbocycles. The Morgan fingerprint density at radius 2 is 1.50 bits per heavy atom. The van der Waals surface area contributed by atoms with Gasteiger partial charge in [0, 0.05) is 53.6 Å². The van der Waals surface area contributed by atoms with Crippen molar-refractivity contribution in [3.8, 4) is 22.5 Å². The molecule has 0 saturated carbocycles.